The zero-order valence-electron chi connectivity index (χ0n) is 16.4. The summed E-state index contributed by atoms with van der Waals surface area (Å²) in [4.78, 5) is 21.1. The summed E-state index contributed by atoms with van der Waals surface area (Å²) >= 11 is 6.43. The van der Waals surface area contributed by atoms with E-state index in [1.165, 1.54) is 0 Å². The van der Waals surface area contributed by atoms with Gasteiger partial charge in [0.25, 0.3) is 11.4 Å². The molecular formula is C20H16ClKN4O3. The molecule has 0 saturated heterocycles. The quantitative estimate of drug-likeness (QED) is 0.467. The molecule has 0 aliphatic rings. The zero-order valence-corrected chi connectivity index (χ0v) is 20.3. The number of pyridine rings is 1. The maximum atomic E-state index is 13.0. The molecule has 2 heterocycles. The fourth-order valence-electron chi connectivity index (χ4n) is 3.04. The molecule has 4 rings (SSSR count). The second-order valence-corrected chi connectivity index (χ2v) is 7.03. The number of hydrogen-bond donors (Lipinski definition) is 1. The van der Waals surface area contributed by atoms with Crippen molar-refractivity contribution in [2.75, 3.05) is 19.0 Å². The molecule has 0 atom stereocenters. The van der Waals surface area contributed by atoms with E-state index in [9.17, 15) is 9.90 Å². The van der Waals surface area contributed by atoms with Crippen LogP contribution in [0.2, 0.25) is 5.02 Å². The molecule has 0 aliphatic carbocycles. The van der Waals surface area contributed by atoms with Crippen molar-refractivity contribution in [3.05, 3.63) is 57.6 Å². The monoisotopic (exact) mass is 434 g/mol. The van der Waals surface area contributed by atoms with Gasteiger partial charge in [0.05, 0.1) is 10.6 Å². The number of benzene rings is 2. The number of H-pyrrole nitrogens is 1. The van der Waals surface area contributed by atoms with Crippen molar-refractivity contribution in [2.24, 2.45) is 0 Å². The van der Waals surface area contributed by atoms with Gasteiger partial charge in [-0.3, -0.25) is 4.79 Å². The van der Waals surface area contributed by atoms with Gasteiger partial charge >= 0.3 is 51.4 Å². The van der Waals surface area contributed by atoms with Crippen molar-refractivity contribution in [1.82, 2.24) is 15.1 Å². The van der Waals surface area contributed by atoms with Crippen molar-refractivity contribution in [2.45, 2.75) is 6.92 Å². The van der Waals surface area contributed by atoms with Crippen molar-refractivity contribution < 1.29 is 61.0 Å². The summed E-state index contributed by atoms with van der Waals surface area (Å²) in [5, 5.41) is 17.4. The van der Waals surface area contributed by atoms with E-state index in [2.05, 4.69) is 15.1 Å². The first-order chi connectivity index (χ1) is 13.3. The third-order valence-electron chi connectivity index (χ3n) is 4.49. The van der Waals surface area contributed by atoms with Crippen LogP contribution in [0.25, 0.3) is 33.5 Å². The molecule has 0 amide bonds. The number of aryl methyl sites for hydroxylation is 1. The molecule has 0 fully saturated rings. The predicted octanol–water partition coefficient (Wildman–Crippen LogP) is 0.351. The van der Waals surface area contributed by atoms with E-state index in [0.29, 0.717) is 27.3 Å². The second-order valence-electron chi connectivity index (χ2n) is 6.62. The van der Waals surface area contributed by atoms with Crippen LogP contribution in [0, 0.1) is 6.92 Å². The van der Waals surface area contributed by atoms with Crippen LogP contribution in [0.5, 0.6) is 5.75 Å². The van der Waals surface area contributed by atoms with Gasteiger partial charge in [-0.05, 0) is 42.1 Å². The molecule has 142 valence electrons. The minimum absolute atomic E-state index is 0. The Bertz CT molecular complexity index is 1250. The van der Waals surface area contributed by atoms with Gasteiger partial charge in [-0.1, -0.05) is 34.6 Å². The summed E-state index contributed by atoms with van der Waals surface area (Å²) in [5.74, 6) is -0.241. The Morgan fingerprint density at radius 1 is 1.17 bits per heavy atom. The fourth-order valence-corrected chi connectivity index (χ4v) is 3.31. The summed E-state index contributed by atoms with van der Waals surface area (Å²) in [6.45, 7) is 1.61. The van der Waals surface area contributed by atoms with Gasteiger partial charge in [-0.25, -0.2) is 0 Å². The summed E-state index contributed by atoms with van der Waals surface area (Å²) < 4.78 is 5.02. The Kier molecular flexibility index (Phi) is 6.52. The van der Waals surface area contributed by atoms with Crippen molar-refractivity contribution in [3.8, 4) is 28.3 Å². The molecule has 29 heavy (non-hydrogen) atoms. The molecule has 0 unspecified atom stereocenters. The number of nitrogens with one attached hydrogen (secondary N) is 1. The second kappa shape index (κ2) is 8.59. The molecule has 0 saturated carbocycles. The van der Waals surface area contributed by atoms with Gasteiger partial charge in [-0.15, -0.1) is 0 Å². The van der Waals surface area contributed by atoms with E-state index >= 15 is 0 Å². The first-order valence-corrected chi connectivity index (χ1v) is 8.88. The number of halogens is 1. The van der Waals surface area contributed by atoms with Gasteiger partial charge in [0.1, 0.15) is 0 Å². The summed E-state index contributed by atoms with van der Waals surface area (Å²) in [5.41, 5.74) is 2.18. The van der Waals surface area contributed by atoms with E-state index < -0.39 is 11.3 Å². The van der Waals surface area contributed by atoms with Crippen molar-refractivity contribution in [1.29, 1.82) is 0 Å². The molecule has 2 aromatic carbocycles. The Hall–Kier alpha value is -1.68. The first kappa shape index (κ1) is 22.0. The smallest absolute Gasteiger partial charge is 0.871 e. The largest absolute Gasteiger partial charge is 1.00 e. The van der Waals surface area contributed by atoms with Crippen LogP contribution >= 0.6 is 11.6 Å². The average molecular weight is 435 g/mol. The van der Waals surface area contributed by atoms with Gasteiger partial charge < -0.3 is 19.5 Å². The molecule has 0 bridgehead atoms. The Morgan fingerprint density at radius 2 is 1.86 bits per heavy atom. The number of rotatable bonds is 3. The number of aromatic nitrogens is 3. The summed E-state index contributed by atoms with van der Waals surface area (Å²) in [6.07, 6.45) is 0. The van der Waals surface area contributed by atoms with Crippen LogP contribution < -0.4 is 67.0 Å². The maximum Gasteiger partial charge on any atom is 1.00 e. The van der Waals surface area contributed by atoms with Crippen LogP contribution in [0.15, 0.2) is 45.7 Å². The third-order valence-corrected chi connectivity index (χ3v) is 4.80. The van der Waals surface area contributed by atoms with E-state index in [4.69, 9.17) is 16.1 Å². The van der Waals surface area contributed by atoms with Crippen molar-refractivity contribution in [3.63, 3.8) is 0 Å². The van der Waals surface area contributed by atoms with E-state index in [1.54, 1.807) is 19.1 Å². The van der Waals surface area contributed by atoms with Crippen LogP contribution in [0.3, 0.4) is 0 Å². The molecule has 0 radical (unpaired) electrons. The van der Waals surface area contributed by atoms with E-state index in [-0.39, 0.29) is 62.8 Å². The zero-order chi connectivity index (χ0) is 20.0. The summed E-state index contributed by atoms with van der Waals surface area (Å²) in [6, 6.07) is 11.0. The first-order valence-electron chi connectivity index (χ1n) is 8.50. The topological polar surface area (TPSA) is 98.1 Å². The predicted molar refractivity (Wildman–Crippen MR) is 107 cm³/mol. The van der Waals surface area contributed by atoms with E-state index in [1.807, 2.05) is 43.3 Å². The van der Waals surface area contributed by atoms with Gasteiger partial charge in [-0.2, -0.15) is 4.98 Å². The maximum absolute atomic E-state index is 13.0. The summed E-state index contributed by atoms with van der Waals surface area (Å²) in [7, 11) is 3.91. The standard InChI is InChI=1S/C20H17ClN4O3.K/c1-10-22-20(28-24-10)17-18(26)14-8-13(15(21)9-16(14)23-19(17)27)11-4-6-12(7-5-11)25(2)3;/h4-9H,1-3H3,(H2,23,26,27);/q;+1/p-1. The number of nitrogens with zero attached hydrogens (tertiary/aromatic N) is 3. The van der Waals surface area contributed by atoms with Crippen LogP contribution in [-0.2, 0) is 0 Å². The molecular weight excluding hydrogens is 419 g/mol. The molecule has 9 heteroatoms. The number of fused-ring (bicyclic) bond motifs is 1. The average Bonchev–Trinajstić information content (AvgIpc) is 3.07. The molecule has 4 aromatic rings. The number of hydrogen-bond acceptors (Lipinski definition) is 6. The molecule has 0 aliphatic heterocycles. The number of anilines is 1. The van der Waals surface area contributed by atoms with Gasteiger partial charge in [0.15, 0.2) is 5.82 Å². The Balaban J connectivity index is 0.00000240. The fraction of sp³-hybridized carbons (Fsp3) is 0.150. The minimum atomic E-state index is -0.597. The normalized spacial score (nSPS) is 10.8. The van der Waals surface area contributed by atoms with Gasteiger partial charge in [0, 0.05) is 30.9 Å². The Morgan fingerprint density at radius 3 is 2.45 bits per heavy atom. The van der Waals surface area contributed by atoms with Crippen LogP contribution in [-0.4, -0.2) is 29.2 Å². The third kappa shape index (κ3) is 4.14. The van der Waals surface area contributed by atoms with Gasteiger partial charge in [0.2, 0.25) is 0 Å². The molecule has 0 spiro atoms. The van der Waals surface area contributed by atoms with Crippen LogP contribution in [0.4, 0.5) is 5.69 Å². The SMILES string of the molecule is Cc1noc(-c2c([O-])c3cc(-c4ccc(N(C)C)cc4)c(Cl)cc3[nH]c2=O)n1.[K+]. The molecule has 2 aromatic heterocycles. The molecule has 7 nitrogen and oxygen atoms in total. The minimum Gasteiger partial charge on any atom is -0.871 e. The molecule has 1 N–H and O–H groups in total. The van der Waals surface area contributed by atoms with E-state index in [0.717, 1.165) is 11.3 Å². The number of aromatic amines is 1. The Labute approximate surface area is 214 Å². The van der Waals surface area contributed by atoms with Crippen LogP contribution in [0.1, 0.15) is 5.82 Å². The van der Waals surface area contributed by atoms with Crippen molar-refractivity contribution >= 4 is 28.2 Å².